The Hall–Kier alpha value is -1.55. The number of nitrogens with zero attached hydrogens (tertiary/aromatic N) is 1. The number of hydrogen-bond donors (Lipinski definition) is 2. The molecule has 1 aromatic rings. The van der Waals surface area contributed by atoms with Crippen LogP contribution in [0.1, 0.15) is 15.9 Å². The van der Waals surface area contributed by atoms with Crippen molar-refractivity contribution < 1.29 is 15.0 Å². The largest absolute Gasteiger partial charge is 0.508 e. The van der Waals surface area contributed by atoms with Gasteiger partial charge in [0.15, 0.2) is 0 Å². The standard InChI is InChI=1S/C12H15NO3/c1-8-10(3-2-4-11(8)15)12(16)13-5-9(6-13)7-14/h2-4,9,14-15H,5-7H2,1H3. The molecule has 1 aliphatic rings. The smallest absolute Gasteiger partial charge is 0.254 e. The monoisotopic (exact) mass is 221 g/mol. The number of aliphatic hydroxyl groups excluding tert-OH is 1. The van der Waals surface area contributed by atoms with Gasteiger partial charge in [-0.05, 0) is 19.1 Å². The third kappa shape index (κ3) is 1.76. The maximum absolute atomic E-state index is 12.0. The van der Waals surface area contributed by atoms with E-state index in [9.17, 15) is 9.90 Å². The van der Waals surface area contributed by atoms with Gasteiger partial charge in [-0.2, -0.15) is 0 Å². The van der Waals surface area contributed by atoms with Gasteiger partial charge < -0.3 is 15.1 Å². The van der Waals surface area contributed by atoms with Crippen LogP contribution in [0.25, 0.3) is 0 Å². The Morgan fingerprint density at radius 2 is 2.19 bits per heavy atom. The number of aromatic hydroxyl groups is 1. The van der Waals surface area contributed by atoms with Crippen molar-refractivity contribution in [1.29, 1.82) is 0 Å². The predicted molar refractivity (Wildman–Crippen MR) is 59.3 cm³/mol. The van der Waals surface area contributed by atoms with Gasteiger partial charge in [0.2, 0.25) is 0 Å². The molecule has 4 nitrogen and oxygen atoms in total. The highest BCUT2D eigenvalue weighted by atomic mass is 16.3. The maximum Gasteiger partial charge on any atom is 0.254 e. The van der Waals surface area contributed by atoms with Crippen molar-refractivity contribution in [1.82, 2.24) is 4.90 Å². The normalized spacial score (nSPS) is 16.0. The van der Waals surface area contributed by atoms with E-state index in [1.807, 2.05) is 0 Å². The number of amides is 1. The van der Waals surface area contributed by atoms with E-state index in [2.05, 4.69) is 0 Å². The van der Waals surface area contributed by atoms with E-state index >= 15 is 0 Å². The van der Waals surface area contributed by atoms with Gasteiger partial charge in [-0.3, -0.25) is 4.79 Å². The Morgan fingerprint density at radius 1 is 1.50 bits per heavy atom. The highest BCUT2D eigenvalue weighted by Gasteiger charge is 2.31. The molecule has 0 spiro atoms. The molecule has 2 rings (SSSR count). The number of carbonyl (C=O) groups is 1. The highest BCUT2D eigenvalue weighted by molar-refractivity contribution is 5.96. The number of phenolic OH excluding ortho intramolecular Hbond substituents is 1. The third-order valence-electron chi connectivity index (χ3n) is 3.04. The van der Waals surface area contributed by atoms with Crippen molar-refractivity contribution in [3.05, 3.63) is 29.3 Å². The Labute approximate surface area is 94.1 Å². The third-order valence-corrected chi connectivity index (χ3v) is 3.04. The summed E-state index contributed by atoms with van der Waals surface area (Å²) in [7, 11) is 0. The van der Waals surface area contributed by atoms with Gasteiger partial charge in [0, 0.05) is 36.7 Å². The first-order valence-corrected chi connectivity index (χ1v) is 5.32. The Kier molecular flexibility index (Phi) is 2.83. The van der Waals surface area contributed by atoms with Gasteiger partial charge >= 0.3 is 0 Å². The summed E-state index contributed by atoms with van der Waals surface area (Å²) in [5.74, 6) is 0.282. The summed E-state index contributed by atoms with van der Waals surface area (Å²) in [4.78, 5) is 13.7. The molecule has 0 aromatic heterocycles. The van der Waals surface area contributed by atoms with Crippen molar-refractivity contribution in [3.8, 4) is 5.75 Å². The molecular weight excluding hydrogens is 206 g/mol. The zero-order valence-electron chi connectivity index (χ0n) is 9.18. The molecule has 1 heterocycles. The molecule has 1 fully saturated rings. The number of hydrogen-bond acceptors (Lipinski definition) is 3. The second-order valence-electron chi connectivity index (χ2n) is 4.21. The minimum atomic E-state index is -0.0712. The molecule has 0 radical (unpaired) electrons. The van der Waals surface area contributed by atoms with Crippen LogP contribution in [0.5, 0.6) is 5.75 Å². The lowest BCUT2D eigenvalue weighted by molar-refractivity contribution is 0.0361. The van der Waals surface area contributed by atoms with Gasteiger partial charge in [0.25, 0.3) is 5.91 Å². The zero-order chi connectivity index (χ0) is 11.7. The van der Waals surface area contributed by atoms with Crippen molar-refractivity contribution in [2.75, 3.05) is 19.7 Å². The SMILES string of the molecule is Cc1c(O)cccc1C(=O)N1CC(CO)C1. The van der Waals surface area contributed by atoms with Crippen LogP contribution in [0.4, 0.5) is 0 Å². The van der Waals surface area contributed by atoms with Crippen molar-refractivity contribution in [2.24, 2.45) is 5.92 Å². The topological polar surface area (TPSA) is 60.8 Å². The fraction of sp³-hybridized carbons (Fsp3) is 0.417. The van der Waals surface area contributed by atoms with E-state index in [0.717, 1.165) is 0 Å². The number of benzene rings is 1. The minimum Gasteiger partial charge on any atom is -0.508 e. The van der Waals surface area contributed by atoms with Crippen LogP contribution >= 0.6 is 0 Å². The Balaban J connectivity index is 2.13. The van der Waals surface area contributed by atoms with E-state index in [0.29, 0.717) is 24.2 Å². The summed E-state index contributed by atoms with van der Waals surface area (Å²) < 4.78 is 0. The van der Waals surface area contributed by atoms with Gasteiger partial charge in [0.05, 0.1) is 0 Å². The molecule has 1 amide bonds. The van der Waals surface area contributed by atoms with Gasteiger partial charge in [0.1, 0.15) is 5.75 Å². The summed E-state index contributed by atoms with van der Waals surface area (Å²) >= 11 is 0. The number of aliphatic hydroxyl groups is 1. The molecule has 0 saturated carbocycles. The fourth-order valence-corrected chi connectivity index (χ4v) is 1.88. The second-order valence-corrected chi connectivity index (χ2v) is 4.21. The van der Waals surface area contributed by atoms with Crippen LogP contribution in [0.15, 0.2) is 18.2 Å². The van der Waals surface area contributed by atoms with Gasteiger partial charge in [-0.1, -0.05) is 6.07 Å². The van der Waals surface area contributed by atoms with Crippen molar-refractivity contribution >= 4 is 5.91 Å². The number of carbonyl (C=O) groups excluding carboxylic acids is 1. The molecule has 0 unspecified atom stereocenters. The van der Waals surface area contributed by atoms with Crippen LogP contribution in [0, 0.1) is 12.8 Å². The molecule has 1 aromatic carbocycles. The first-order chi connectivity index (χ1) is 7.63. The average molecular weight is 221 g/mol. The first-order valence-electron chi connectivity index (χ1n) is 5.32. The van der Waals surface area contributed by atoms with Crippen molar-refractivity contribution in [2.45, 2.75) is 6.92 Å². The summed E-state index contributed by atoms with van der Waals surface area (Å²) in [5, 5.41) is 18.4. The molecule has 4 heteroatoms. The van der Waals surface area contributed by atoms with Gasteiger partial charge in [-0.15, -0.1) is 0 Å². The molecule has 86 valence electrons. The van der Waals surface area contributed by atoms with Gasteiger partial charge in [-0.25, -0.2) is 0 Å². The summed E-state index contributed by atoms with van der Waals surface area (Å²) in [5.41, 5.74) is 1.15. The molecule has 0 bridgehead atoms. The highest BCUT2D eigenvalue weighted by Crippen LogP contribution is 2.24. The lowest BCUT2D eigenvalue weighted by Gasteiger charge is -2.38. The lowest BCUT2D eigenvalue weighted by atomic mass is 9.98. The molecule has 1 aliphatic heterocycles. The summed E-state index contributed by atoms with van der Waals surface area (Å²) in [6.45, 7) is 3.06. The number of phenols is 1. The fourth-order valence-electron chi connectivity index (χ4n) is 1.88. The molecule has 0 aliphatic carbocycles. The average Bonchev–Trinajstić information content (AvgIpc) is 2.20. The minimum absolute atomic E-state index is 0.0712. The molecular formula is C12H15NO3. The molecule has 16 heavy (non-hydrogen) atoms. The van der Waals surface area contributed by atoms with Crippen molar-refractivity contribution in [3.63, 3.8) is 0 Å². The van der Waals surface area contributed by atoms with Crippen LogP contribution in [0.2, 0.25) is 0 Å². The van der Waals surface area contributed by atoms with E-state index in [1.165, 1.54) is 0 Å². The first kappa shape index (κ1) is 11.0. The van der Waals surface area contributed by atoms with E-state index in [1.54, 1.807) is 30.0 Å². The lowest BCUT2D eigenvalue weighted by Crippen LogP contribution is -2.51. The summed E-state index contributed by atoms with van der Waals surface area (Å²) in [6, 6.07) is 4.95. The van der Waals surface area contributed by atoms with Crippen LogP contribution < -0.4 is 0 Å². The number of rotatable bonds is 2. The van der Waals surface area contributed by atoms with E-state index < -0.39 is 0 Å². The predicted octanol–water partition coefficient (Wildman–Crippen LogP) is 0.765. The Bertz CT molecular complexity index is 411. The zero-order valence-corrected chi connectivity index (χ0v) is 9.18. The molecule has 1 saturated heterocycles. The molecule has 0 atom stereocenters. The quantitative estimate of drug-likeness (QED) is 0.775. The second kappa shape index (κ2) is 4.14. The van der Waals surface area contributed by atoms with Crippen LogP contribution in [0.3, 0.4) is 0 Å². The van der Waals surface area contributed by atoms with Crippen LogP contribution in [-0.4, -0.2) is 40.7 Å². The number of likely N-dealkylation sites (tertiary alicyclic amines) is 1. The van der Waals surface area contributed by atoms with Crippen LogP contribution in [-0.2, 0) is 0 Å². The maximum atomic E-state index is 12.0. The Morgan fingerprint density at radius 3 is 2.81 bits per heavy atom. The summed E-state index contributed by atoms with van der Waals surface area (Å²) in [6.07, 6.45) is 0. The van der Waals surface area contributed by atoms with E-state index in [-0.39, 0.29) is 24.2 Å². The van der Waals surface area contributed by atoms with E-state index in [4.69, 9.17) is 5.11 Å². The molecule has 2 N–H and O–H groups in total.